The maximum Gasteiger partial charge on any atom is 0.245 e. The van der Waals surface area contributed by atoms with Crippen LogP contribution in [0.25, 0.3) is 0 Å². The number of fused-ring (bicyclic) bond motifs is 1. The Morgan fingerprint density at radius 3 is 2.52 bits per heavy atom. The fraction of sp³-hybridized carbons (Fsp3) is 0.412. The topological polar surface area (TPSA) is 40.6 Å². The first-order chi connectivity index (χ1) is 11.0. The van der Waals surface area contributed by atoms with Crippen LogP contribution in [0, 0.1) is 5.92 Å². The third-order valence-corrected chi connectivity index (χ3v) is 5.49. The van der Waals surface area contributed by atoms with Crippen molar-refractivity contribution in [2.75, 3.05) is 24.5 Å². The Hall–Kier alpha value is -1.52. The molecule has 0 atom stereocenters. The van der Waals surface area contributed by atoms with E-state index < -0.39 is 0 Å². The molecule has 0 aliphatic carbocycles. The molecular weight excluding hydrogens is 335 g/mol. The molecule has 2 aliphatic heterocycles. The van der Waals surface area contributed by atoms with Gasteiger partial charge in [-0.1, -0.05) is 29.8 Å². The lowest BCUT2D eigenvalue weighted by Crippen LogP contribution is -2.43. The van der Waals surface area contributed by atoms with Gasteiger partial charge in [-0.3, -0.25) is 9.59 Å². The van der Waals surface area contributed by atoms with Crippen LogP contribution in [0.15, 0.2) is 24.8 Å². The summed E-state index contributed by atoms with van der Waals surface area (Å²) in [5, 5.41) is 1.07. The summed E-state index contributed by atoms with van der Waals surface area (Å²) in [7, 11) is 0. The summed E-state index contributed by atoms with van der Waals surface area (Å²) in [4.78, 5) is 28.0. The molecule has 3 rings (SSSR count). The lowest BCUT2D eigenvalue weighted by Gasteiger charge is -2.32. The maximum atomic E-state index is 12.8. The van der Waals surface area contributed by atoms with Crippen molar-refractivity contribution in [3.63, 3.8) is 0 Å². The molecule has 0 radical (unpaired) electrons. The largest absolute Gasteiger partial charge is 0.339 e. The summed E-state index contributed by atoms with van der Waals surface area (Å²) >= 11 is 12.3. The Kier molecular flexibility index (Phi) is 4.64. The standard InChI is InChI=1S/C17H18Cl2N2O2/c1-2-15(22)20-8-5-11(6-9-20)17(23)21-10-7-12-14(21)4-3-13(18)16(12)19/h2-4,11H,1,5-10H2. The van der Waals surface area contributed by atoms with Gasteiger partial charge >= 0.3 is 0 Å². The third kappa shape index (κ3) is 2.98. The number of nitrogens with zero attached hydrogens (tertiary/aromatic N) is 2. The molecule has 122 valence electrons. The molecule has 1 saturated heterocycles. The molecule has 2 heterocycles. The zero-order chi connectivity index (χ0) is 16.6. The van der Waals surface area contributed by atoms with Crippen molar-refractivity contribution in [3.05, 3.63) is 40.4 Å². The Balaban J connectivity index is 1.71. The van der Waals surface area contributed by atoms with Crippen molar-refractivity contribution in [2.24, 2.45) is 5.92 Å². The molecule has 1 aromatic rings. The van der Waals surface area contributed by atoms with Crippen molar-refractivity contribution < 1.29 is 9.59 Å². The van der Waals surface area contributed by atoms with E-state index in [-0.39, 0.29) is 17.7 Å². The van der Waals surface area contributed by atoms with Crippen LogP contribution in [0.5, 0.6) is 0 Å². The molecule has 2 aliphatic rings. The first-order valence-corrected chi connectivity index (χ1v) is 8.48. The molecule has 6 heteroatoms. The first-order valence-electron chi connectivity index (χ1n) is 7.72. The molecule has 23 heavy (non-hydrogen) atoms. The normalized spacial score (nSPS) is 18.0. The quantitative estimate of drug-likeness (QED) is 0.766. The van der Waals surface area contributed by atoms with Crippen LogP contribution in [0.2, 0.25) is 10.0 Å². The second kappa shape index (κ2) is 6.54. The van der Waals surface area contributed by atoms with Gasteiger partial charge in [0, 0.05) is 31.2 Å². The number of carbonyl (C=O) groups is 2. The van der Waals surface area contributed by atoms with E-state index >= 15 is 0 Å². The van der Waals surface area contributed by atoms with Crippen LogP contribution >= 0.6 is 23.2 Å². The highest BCUT2D eigenvalue weighted by Crippen LogP contribution is 2.39. The lowest BCUT2D eigenvalue weighted by atomic mass is 9.95. The Labute approximate surface area is 145 Å². The van der Waals surface area contributed by atoms with Crippen LogP contribution in [0.4, 0.5) is 5.69 Å². The molecule has 1 aromatic carbocycles. The highest BCUT2D eigenvalue weighted by molar-refractivity contribution is 6.42. The summed E-state index contributed by atoms with van der Waals surface area (Å²) in [6.45, 7) is 5.34. The van der Waals surface area contributed by atoms with Gasteiger partial charge in [0.25, 0.3) is 0 Å². The molecule has 0 N–H and O–H groups in total. The third-order valence-electron chi connectivity index (χ3n) is 4.64. The highest BCUT2D eigenvalue weighted by Gasteiger charge is 2.34. The minimum atomic E-state index is -0.0659. The van der Waals surface area contributed by atoms with Crippen LogP contribution in [0.3, 0.4) is 0 Å². The van der Waals surface area contributed by atoms with Gasteiger partial charge in [0.05, 0.1) is 10.0 Å². The van der Waals surface area contributed by atoms with E-state index in [1.54, 1.807) is 11.0 Å². The van der Waals surface area contributed by atoms with Crippen molar-refractivity contribution in [2.45, 2.75) is 19.3 Å². The van der Waals surface area contributed by atoms with Gasteiger partial charge in [0.1, 0.15) is 0 Å². The number of likely N-dealkylation sites (tertiary alicyclic amines) is 1. The molecular formula is C17H18Cl2N2O2. The highest BCUT2D eigenvalue weighted by atomic mass is 35.5. The molecule has 0 bridgehead atoms. The average molecular weight is 353 g/mol. The van der Waals surface area contributed by atoms with E-state index in [9.17, 15) is 9.59 Å². The minimum Gasteiger partial charge on any atom is -0.339 e. The number of halogens is 2. The molecule has 0 aromatic heterocycles. The van der Waals surface area contributed by atoms with Crippen LogP contribution in [-0.4, -0.2) is 36.3 Å². The van der Waals surface area contributed by atoms with Crippen LogP contribution < -0.4 is 4.90 Å². The molecule has 2 amide bonds. The van der Waals surface area contributed by atoms with E-state index in [1.165, 1.54) is 6.08 Å². The minimum absolute atomic E-state index is 0.0516. The first kappa shape index (κ1) is 16.3. The van der Waals surface area contributed by atoms with Gasteiger partial charge in [-0.25, -0.2) is 0 Å². The van der Waals surface area contributed by atoms with E-state index in [2.05, 4.69) is 6.58 Å². The number of hydrogen-bond donors (Lipinski definition) is 0. The van der Waals surface area contributed by atoms with Crippen molar-refractivity contribution in [1.82, 2.24) is 4.90 Å². The fourth-order valence-electron chi connectivity index (χ4n) is 3.34. The Morgan fingerprint density at radius 1 is 1.17 bits per heavy atom. The summed E-state index contributed by atoms with van der Waals surface area (Å²) < 4.78 is 0. The number of carbonyl (C=O) groups excluding carboxylic acids is 2. The van der Waals surface area contributed by atoms with E-state index in [0.717, 1.165) is 17.7 Å². The maximum absolute atomic E-state index is 12.8. The molecule has 0 unspecified atom stereocenters. The molecule has 0 spiro atoms. The number of amides is 2. The number of rotatable bonds is 2. The number of hydrogen-bond acceptors (Lipinski definition) is 2. The van der Waals surface area contributed by atoms with Gasteiger partial charge in [-0.15, -0.1) is 0 Å². The van der Waals surface area contributed by atoms with Crippen LogP contribution in [-0.2, 0) is 16.0 Å². The van der Waals surface area contributed by atoms with Gasteiger partial charge < -0.3 is 9.80 Å². The van der Waals surface area contributed by atoms with E-state index in [0.29, 0.717) is 42.5 Å². The zero-order valence-corrected chi connectivity index (χ0v) is 14.2. The number of piperidine rings is 1. The number of benzene rings is 1. The molecule has 0 saturated carbocycles. The van der Waals surface area contributed by atoms with E-state index in [4.69, 9.17) is 23.2 Å². The van der Waals surface area contributed by atoms with Gasteiger partial charge in [-0.2, -0.15) is 0 Å². The van der Waals surface area contributed by atoms with Gasteiger partial charge in [0.15, 0.2) is 0 Å². The van der Waals surface area contributed by atoms with Crippen LogP contribution in [0.1, 0.15) is 18.4 Å². The summed E-state index contributed by atoms with van der Waals surface area (Å²) in [6.07, 6.45) is 3.43. The van der Waals surface area contributed by atoms with Crippen molar-refractivity contribution in [1.29, 1.82) is 0 Å². The van der Waals surface area contributed by atoms with Gasteiger partial charge in [0.2, 0.25) is 11.8 Å². The average Bonchev–Trinajstić information content (AvgIpc) is 3.01. The smallest absolute Gasteiger partial charge is 0.245 e. The fourth-order valence-corrected chi connectivity index (χ4v) is 3.77. The summed E-state index contributed by atoms with van der Waals surface area (Å²) in [5.74, 6) is 0.000880. The lowest BCUT2D eigenvalue weighted by molar-refractivity contribution is -0.130. The Bertz CT molecular complexity index is 667. The van der Waals surface area contributed by atoms with Gasteiger partial charge in [-0.05, 0) is 43.0 Å². The molecule has 4 nitrogen and oxygen atoms in total. The van der Waals surface area contributed by atoms with Crippen molar-refractivity contribution in [3.8, 4) is 0 Å². The molecule has 1 fully saturated rings. The number of anilines is 1. The predicted octanol–water partition coefficient (Wildman–Crippen LogP) is 3.31. The second-order valence-electron chi connectivity index (χ2n) is 5.90. The zero-order valence-electron chi connectivity index (χ0n) is 12.7. The van der Waals surface area contributed by atoms with E-state index in [1.807, 2.05) is 11.0 Å². The second-order valence-corrected chi connectivity index (χ2v) is 6.69. The monoisotopic (exact) mass is 352 g/mol. The predicted molar refractivity (Wildman–Crippen MR) is 92.0 cm³/mol. The summed E-state index contributed by atoms with van der Waals surface area (Å²) in [5.41, 5.74) is 1.82. The van der Waals surface area contributed by atoms with Crippen molar-refractivity contribution >= 4 is 40.7 Å². The SMILES string of the molecule is C=CC(=O)N1CCC(C(=O)N2CCc3c2ccc(Cl)c3Cl)CC1. The summed E-state index contributed by atoms with van der Waals surface area (Å²) in [6, 6.07) is 3.60. The Morgan fingerprint density at radius 2 is 1.87 bits per heavy atom.